The fraction of sp³-hybridized carbons (Fsp3) is 0.353. The molecular formula is C17H19N7. The van der Waals surface area contributed by atoms with Crippen LogP contribution >= 0.6 is 0 Å². The summed E-state index contributed by atoms with van der Waals surface area (Å²) in [6, 6.07) is 2.14. The highest BCUT2D eigenvalue weighted by atomic mass is 15.2. The average molecular weight is 321 g/mol. The second-order valence-corrected chi connectivity index (χ2v) is 6.06. The Morgan fingerprint density at radius 2 is 2.04 bits per heavy atom. The molecule has 0 amide bonds. The maximum absolute atomic E-state index is 4.80. The normalized spacial score (nSPS) is 17.4. The van der Waals surface area contributed by atoms with Crippen LogP contribution in [-0.2, 0) is 0 Å². The van der Waals surface area contributed by atoms with E-state index in [2.05, 4.69) is 29.8 Å². The van der Waals surface area contributed by atoms with Gasteiger partial charge in [0.2, 0.25) is 0 Å². The predicted molar refractivity (Wildman–Crippen MR) is 90.4 cm³/mol. The fourth-order valence-corrected chi connectivity index (χ4v) is 3.15. The van der Waals surface area contributed by atoms with Crippen molar-refractivity contribution in [1.29, 1.82) is 0 Å². The number of hydrogen-bond donors (Lipinski definition) is 1. The molecule has 1 atom stereocenters. The molecule has 1 saturated heterocycles. The smallest absolute Gasteiger partial charge is 0.157 e. The SMILES string of the molecule is Cc1nccc(N2CCC[C@@H]2c2cncc(-c3ncc(C)[nH]3)n2)n1. The summed E-state index contributed by atoms with van der Waals surface area (Å²) < 4.78 is 0. The number of aromatic amines is 1. The van der Waals surface area contributed by atoms with Crippen molar-refractivity contribution in [2.75, 3.05) is 11.4 Å². The van der Waals surface area contributed by atoms with Crippen molar-refractivity contribution in [3.05, 3.63) is 48.1 Å². The molecule has 1 fully saturated rings. The van der Waals surface area contributed by atoms with Crippen molar-refractivity contribution in [1.82, 2.24) is 29.9 Å². The summed E-state index contributed by atoms with van der Waals surface area (Å²) >= 11 is 0. The first-order valence-electron chi connectivity index (χ1n) is 8.11. The highest BCUT2D eigenvalue weighted by Gasteiger charge is 2.29. The zero-order valence-electron chi connectivity index (χ0n) is 13.8. The lowest BCUT2D eigenvalue weighted by Crippen LogP contribution is -2.24. The van der Waals surface area contributed by atoms with Crippen LogP contribution < -0.4 is 4.90 Å². The number of H-pyrrole nitrogens is 1. The largest absolute Gasteiger partial charge is 0.348 e. The van der Waals surface area contributed by atoms with Gasteiger partial charge in [-0.05, 0) is 32.8 Å². The highest BCUT2D eigenvalue weighted by Crippen LogP contribution is 2.34. The Labute approximate surface area is 140 Å². The minimum Gasteiger partial charge on any atom is -0.348 e. The van der Waals surface area contributed by atoms with Crippen molar-refractivity contribution in [3.8, 4) is 11.5 Å². The van der Waals surface area contributed by atoms with Crippen molar-refractivity contribution in [2.24, 2.45) is 0 Å². The number of rotatable bonds is 3. The van der Waals surface area contributed by atoms with E-state index in [4.69, 9.17) is 4.98 Å². The minimum atomic E-state index is 0.183. The molecular weight excluding hydrogens is 302 g/mol. The van der Waals surface area contributed by atoms with Gasteiger partial charge in [0.15, 0.2) is 5.82 Å². The van der Waals surface area contributed by atoms with Crippen LogP contribution in [0.5, 0.6) is 0 Å². The highest BCUT2D eigenvalue weighted by molar-refractivity contribution is 5.49. The molecule has 0 bridgehead atoms. The maximum atomic E-state index is 4.80. The number of hydrogen-bond acceptors (Lipinski definition) is 6. The van der Waals surface area contributed by atoms with Gasteiger partial charge in [-0.25, -0.2) is 19.9 Å². The topological polar surface area (TPSA) is 83.5 Å². The van der Waals surface area contributed by atoms with Crippen LogP contribution in [0.4, 0.5) is 5.82 Å². The number of imidazole rings is 1. The summed E-state index contributed by atoms with van der Waals surface area (Å²) in [6.45, 7) is 4.85. The van der Waals surface area contributed by atoms with Crippen LogP contribution in [0.3, 0.4) is 0 Å². The molecule has 24 heavy (non-hydrogen) atoms. The number of aromatic nitrogens is 6. The van der Waals surface area contributed by atoms with Gasteiger partial charge in [0.1, 0.15) is 17.3 Å². The number of aryl methyl sites for hydroxylation is 2. The monoisotopic (exact) mass is 321 g/mol. The third kappa shape index (κ3) is 2.73. The van der Waals surface area contributed by atoms with Crippen molar-refractivity contribution < 1.29 is 0 Å². The zero-order valence-corrected chi connectivity index (χ0v) is 13.8. The standard InChI is InChI=1S/C17H19N7/c1-11-8-20-17(21-11)14-10-18-9-13(23-14)15-4-3-7-24(15)16-5-6-19-12(2)22-16/h5-6,8-10,15H,3-4,7H2,1-2H3,(H,20,21)/t15-/m1/s1. The first-order valence-corrected chi connectivity index (χ1v) is 8.11. The molecule has 122 valence electrons. The van der Waals surface area contributed by atoms with Gasteiger partial charge in [-0.15, -0.1) is 0 Å². The van der Waals surface area contributed by atoms with Gasteiger partial charge in [0.25, 0.3) is 0 Å². The summed E-state index contributed by atoms with van der Waals surface area (Å²) in [5.74, 6) is 2.49. The molecule has 0 aliphatic carbocycles. The van der Waals surface area contributed by atoms with E-state index >= 15 is 0 Å². The lowest BCUT2D eigenvalue weighted by atomic mass is 10.1. The predicted octanol–water partition coefficient (Wildman–Crippen LogP) is 2.62. The van der Waals surface area contributed by atoms with E-state index in [-0.39, 0.29) is 6.04 Å². The molecule has 1 aliphatic rings. The molecule has 1 aliphatic heterocycles. The van der Waals surface area contributed by atoms with Crippen LogP contribution in [0, 0.1) is 13.8 Å². The molecule has 1 N–H and O–H groups in total. The molecule has 0 aromatic carbocycles. The fourth-order valence-electron chi connectivity index (χ4n) is 3.15. The summed E-state index contributed by atoms with van der Waals surface area (Å²) in [6.07, 6.45) is 9.35. The Hall–Kier alpha value is -2.83. The van der Waals surface area contributed by atoms with E-state index < -0.39 is 0 Å². The Balaban J connectivity index is 1.67. The van der Waals surface area contributed by atoms with Gasteiger partial charge in [-0.3, -0.25) is 4.98 Å². The Morgan fingerprint density at radius 1 is 1.12 bits per heavy atom. The summed E-state index contributed by atoms with van der Waals surface area (Å²) in [7, 11) is 0. The van der Waals surface area contributed by atoms with Gasteiger partial charge in [0.05, 0.1) is 24.1 Å². The first-order chi connectivity index (χ1) is 11.7. The molecule has 0 unspecified atom stereocenters. The van der Waals surface area contributed by atoms with E-state index in [0.29, 0.717) is 0 Å². The van der Waals surface area contributed by atoms with Crippen LogP contribution in [-0.4, -0.2) is 36.4 Å². The second kappa shape index (κ2) is 5.99. The molecule has 4 rings (SSSR count). The third-order valence-corrected chi connectivity index (χ3v) is 4.25. The summed E-state index contributed by atoms with van der Waals surface area (Å²) in [5.41, 5.74) is 2.73. The van der Waals surface area contributed by atoms with Crippen molar-refractivity contribution in [2.45, 2.75) is 32.7 Å². The van der Waals surface area contributed by atoms with Gasteiger partial charge in [-0.1, -0.05) is 0 Å². The second-order valence-electron chi connectivity index (χ2n) is 6.06. The van der Waals surface area contributed by atoms with Gasteiger partial charge >= 0.3 is 0 Å². The van der Waals surface area contributed by atoms with E-state index in [1.54, 1.807) is 18.6 Å². The quantitative estimate of drug-likeness (QED) is 0.798. The number of nitrogens with one attached hydrogen (secondary N) is 1. The zero-order chi connectivity index (χ0) is 16.5. The molecule has 0 radical (unpaired) electrons. The summed E-state index contributed by atoms with van der Waals surface area (Å²) in [5, 5.41) is 0. The molecule has 4 heterocycles. The van der Waals surface area contributed by atoms with Crippen LogP contribution in [0.1, 0.15) is 36.1 Å². The van der Waals surface area contributed by atoms with Crippen molar-refractivity contribution in [3.63, 3.8) is 0 Å². The van der Waals surface area contributed by atoms with E-state index in [0.717, 1.165) is 53.9 Å². The number of nitrogens with zero attached hydrogens (tertiary/aromatic N) is 6. The van der Waals surface area contributed by atoms with Crippen molar-refractivity contribution >= 4 is 5.82 Å². The van der Waals surface area contributed by atoms with E-state index in [1.165, 1.54) is 0 Å². The minimum absolute atomic E-state index is 0.183. The van der Waals surface area contributed by atoms with E-state index in [9.17, 15) is 0 Å². The molecule has 3 aromatic heterocycles. The van der Waals surface area contributed by atoms with E-state index in [1.807, 2.05) is 26.1 Å². The Kier molecular flexibility index (Phi) is 3.68. The van der Waals surface area contributed by atoms with Gasteiger partial charge in [-0.2, -0.15) is 0 Å². The first kappa shape index (κ1) is 14.7. The molecule has 3 aromatic rings. The van der Waals surface area contributed by atoms with Gasteiger partial charge < -0.3 is 9.88 Å². The summed E-state index contributed by atoms with van der Waals surface area (Å²) in [4.78, 5) is 27.8. The Morgan fingerprint density at radius 3 is 2.83 bits per heavy atom. The third-order valence-electron chi connectivity index (χ3n) is 4.25. The number of anilines is 1. The lowest BCUT2D eigenvalue weighted by molar-refractivity contribution is 0.681. The van der Waals surface area contributed by atoms with Crippen LogP contribution in [0.15, 0.2) is 30.9 Å². The maximum Gasteiger partial charge on any atom is 0.157 e. The van der Waals surface area contributed by atoms with Gasteiger partial charge in [0, 0.05) is 24.6 Å². The Bertz CT molecular complexity index is 857. The molecule has 0 spiro atoms. The average Bonchev–Trinajstić information content (AvgIpc) is 3.24. The lowest BCUT2D eigenvalue weighted by Gasteiger charge is -2.25. The van der Waals surface area contributed by atoms with Crippen LogP contribution in [0.2, 0.25) is 0 Å². The molecule has 7 heteroatoms. The molecule has 0 saturated carbocycles. The molecule has 7 nitrogen and oxygen atoms in total. The van der Waals surface area contributed by atoms with Crippen LogP contribution in [0.25, 0.3) is 11.5 Å².